The fourth-order valence-corrected chi connectivity index (χ4v) is 2.15. The van der Waals surface area contributed by atoms with Gasteiger partial charge in [0, 0.05) is 26.0 Å². The van der Waals surface area contributed by atoms with Gasteiger partial charge in [-0.25, -0.2) is 4.98 Å². The molecular formula is C13H19N3O2. The van der Waals surface area contributed by atoms with Gasteiger partial charge in [-0.3, -0.25) is 4.57 Å². The van der Waals surface area contributed by atoms with Crippen molar-refractivity contribution in [3.63, 3.8) is 0 Å². The van der Waals surface area contributed by atoms with Gasteiger partial charge >= 0.3 is 0 Å². The highest BCUT2D eigenvalue weighted by molar-refractivity contribution is 5.72. The van der Waals surface area contributed by atoms with Crippen LogP contribution in [0, 0.1) is 0 Å². The number of rotatable bonds is 6. The molecule has 0 aliphatic heterocycles. The molecule has 0 bridgehead atoms. The Balaban J connectivity index is 2.45. The smallest absolute Gasteiger partial charge is 0.298 e. The minimum absolute atomic E-state index is 0.291. The summed E-state index contributed by atoms with van der Waals surface area (Å²) in [7, 11) is 3.36. The second-order valence-electron chi connectivity index (χ2n) is 4.16. The van der Waals surface area contributed by atoms with Gasteiger partial charge in [-0.1, -0.05) is 6.92 Å². The van der Waals surface area contributed by atoms with Gasteiger partial charge in [0.05, 0.1) is 7.11 Å². The molecule has 18 heavy (non-hydrogen) atoms. The molecule has 2 aromatic heterocycles. The highest BCUT2D eigenvalue weighted by Crippen LogP contribution is 2.28. The molecule has 2 aromatic rings. The topological polar surface area (TPSA) is 49.2 Å². The van der Waals surface area contributed by atoms with Crippen molar-refractivity contribution >= 4 is 11.2 Å². The van der Waals surface area contributed by atoms with E-state index in [0.717, 1.165) is 24.0 Å². The molecule has 0 N–H and O–H groups in total. The quantitative estimate of drug-likeness (QED) is 0.789. The Morgan fingerprint density at radius 2 is 2.22 bits per heavy atom. The van der Waals surface area contributed by atoms with Crippen LogP contribution in [0.25, 0.3) is 11.2 Å². The van der Waals surface area contributed by atoms with E-state index in [0.29, 0.717) is 18.7 Å². The number of methoxy groups -OCH3 is 2. The Kier molecular flexibility index (Phi) is 4.15. The minimum atomic E-state index is 0.291. The lowest BCUT2D eigenvalue weighted by Gasteiger charge is -2.18. The lowest BCUT2D eigenvalue weighted by molar-refractivity contribution is 0.175. The fraction of sp³-hybridized carbons (Fsp3) is 0.538. The van der Waals surface area contributed by atoms with Crippen molar-refractivity contribution in [3.05, 3.63) is 18.3 Å². The van der Waals surface area contributed by atoms with Crippen LogP contribution in [-0.2, 0) is 4.74 Å². The zero-order valence-electron chi connectivity index (χ0n) is 11.1. The van der Waals surface area contributed by atoms with Crippen molar-refractivity contribution in [2.75, 3.05) is 20.8 Å². The van der Waals surface area contributed by atoms with E-state index in [9.17, 15) is 0 Å². The van der Waals surface area contributed by atoms with Gasteiger partial charge in [0.15, 0.2) is 5.65 Å². The number of nitrogens with zero attached hydrogens (tertiary/aromatic N) is 3. The monoisotopic (exact) mass is 249 g/mol. The van der Waals surface area contributed by atoms with Crippen LogP contribution in [0.3, 0.4) is 0 Å². The lowest BCUT2D eigenvalue weighted by atomic mass is 10.1. The molecule has 0 amide bonds. The SMILES string of the molecule is CCC(CCOC)n1c(OC)nc2cccnc21. The van der Waals surface area contributed by atoms with E-state index in [2.05, 4.69) is 21.5 Å². The number of ether oxygens (including phenoxy) is 2. The maximum Gasteiger partial charge on any atom is 0.298 e. The van der Waals surface area contributed by atoms with Crippen LogP contribution in [0.2, 0.25) is 0 Å². The largest absolute Gasteiger partial charge is 0.468 e. The third kappa shape index (κ3) is 2.31. The van der Waals surface area contributed by atoms with Crippen molar-refractivity contribution in [3.8, 4) is 6.01 Å². The van der Waals surface area contributed by atoms with E-state index in [4.69, 9.17) is 9.47 Å². The third-order valence-corrected chi connectivity index (χ3v) is 3.09. The van der Waals surface area contributed by atoms with Crippen LogP contribution in [0.4, 0.5) is 0 Å². The molecule has 1 atom stereocenters. The number of hydrogen-bond acceptors (Lipinski definition) is 4. The Hall–Kier alpha value is -1.62. The van der Waals surface area contributed by atoms with Gasteiger partial charge in [-0.2, -0.15) is 4.98 Å². The molecule has 0 spiro atoms. The van der Waals surface area contributed by atoms with Crippen LogP contribution in [0.15, 0.2) is 18.3 Å². The Morgan fingerprint density at radius 1 is 1.39 bits per heavy atom. The van der Waals surface area contributed by atoms with Crippen LogP contribution >= 0.6 is 0 Å². The van der Waals surface area contributed by atoms with Crippen molar-refractivity contribution < 1.29 is 9.47 Å². The molecule has 98 valence electrons. The van der Waals surface area contributed by atoms with Gasteiger partial charge in [-0.05, 0) is 25.0 Å². The number of hydrogen-bond donors (Lipinski definition) is 0. The number of imidazole rings is 1. The average Bonchev–Trinajstić information content (AvgIpc) is 2.79. The first-order chi connectivity index (χ1) is 8.81. The zero-order chi connectivity index (χ0) is 13.0. The fourth-order valence-electron chi connectivity index (χ4n) is 2.15. The molecule has 2 rings (SSSR count). The van der Waals surface area contributed by atoms with Crippen LogP contribution in [-0.4, -0.2) is 35.4 Å². The van der Waals surface area contributed by atoms with E-state index >= 15 is 0 Å². The van der Waals surface area contributed by atoms with Crippen LogP contribution in [0.1, 0.15) is 25.8 Å². The molecule has 1 unspecified atom stereocenters. The van der Waals surface area contributed by atoms with Gasteiger partial charge in [0.1, 0.15) is 5.52 Å². The standard InChI is InChI=1S/C13H19N3O2/c1-4-10(7-9-17-2)16-12-11(6-5-8-14-12)15-13(16)18-3/h5-6,8,10H,4,7,9H2,1-3H3. The van der Waals surface area contributed by atoms with E-state index in [-0.39, 0.29) is 0 Å². The van der Waals surface area contributed by atoms with Gasteiger partial charge < -0.3 is 9.47 Å². The van der Waals surface area contributed by atoms with Gasteiger partial charge in [-0.15, -0.1) is 0 Å². The van der Waals surface area contributed by atoms with E-state index < -0.39 is 0 Å². The Labute approximate surface area is 107 Å². The maximum atomic E-state index is 5.36. The highest BCUT2D eigenvalue weighted by atomic mass is 16.5. The molecule has 0 fully saturated rings. The van der Waals surface area contributed by atoms with Crippen LogP contribution < -0.4 is 4.74 Å². The summed E-state index contributed by atoms with van der Waals surface area (Å²) in [5, 5.41) is 0. The molecule has 0 aliphatic carbocycles. The summed E-state index contributed by atoms with van der Waals surface area (Å²) < 4.78 is 12.6. The molecule has 5 heteroatoms. The van der Waals surface area contributed by atoms with E-state index in [1.165, 1.54) is 0 Å². The predicted octanol–water partition coefficient (Wildman–Crippen LogP) is 2.43. The molecule has 2 heterocycles. The van der Waals surface area contributed by atoms with Gasteiger partial charge in [0.2, 0.25) is 0 Å². The summed E-state index contributed by atoms with van der Waals surface area (Å²) in [5.41, 5.74) is 1.74. The predicted molar refractivity (Wildman–Crippen MR) is 69.9 cm³/mol. The summed E-state index contributed by atoms with van der Waals surface area (Å²) in [4.78, 5) is 8.85. The first-order valence-electron chi connectivity index (χ1n) is 6.17. The average molecular weight is 249 g/mol. The van der Waals surface area contributed by atoms with Gasteiger partial charge in [0.25, 0.3) is 6.01 Å². The molecule has 0 aromatic carbocycles. The molecule has 0 saturated heterocycles. The number of pyridine rings is 1. The summed E-state index contributed by atoms with van der Waals surface area (Å²) in [6.07, 6.45) is 3.69. The third-order valence-electron chi connectivity index (χ3n) is 3.09. The summed E-state index contributed by atoms with van der Waals surface area (Å²) >= 11 is 0. The minimum Gasteiger partial charge on any atom is -0.468 e. The molecule has 0 radical (unpaired) electrons. The molecule has 0 saturated carbocycles. The highest BCUT2D eigenvalue weighted by Gasteiger charge is 2.19. The lowest BCUT2D eigenvalue weighted by Crippen LogP contribution is -2.12. The molecule has 0 aliphatic rings. The molecule has 5 nitrogen and oxygen atoms in total. The normalized spacial score (nSPS) is 12.8. The second kappa shape index (κ2) is 5.82. The first-order valence-corrected chi connectivity index (χ1v) is 6.17. The number of fused-ring (bicyclic) bond motifs is 1. The second-order valence-corrected chi connectivity index (χ2v) is 4.16. The van der Waals surface area contributed by atoms with Crippen molar-refractivity contribution in [1.29, 1.82) is 0 Å². The Bertz CT molecular complexity index is 510. The van der Waals surface area contributed by atoms with Crippen molar-refractivity contribution in [2.45, 2.75) is 25.8 Å². The van der Waals surface area contributed by atoms with E-state index in [1.54, 1.807) is 20.4 Å². The van der Waals surface area contributed by atoms with Crippen molar-refractivity contribution in [1.82, 2.24) is 14.5 Å². The van der Waals surface area contributed by atoms with E-state index in [1.807, 2.05) is 12.1 Å². The molecular weight excluding hydrogens is 230 g/mol. The van der Waals surface area contributed by atoms with Crippen LogP contribution in [0.5, 0.6) is 6.01 Å². The summed E-state index contributed by atoms with van der Waals surface area (Å²) in [6.45, 7) is 2.86. The number of aromatic nitrogens is 3. The summed E-state index contributed by atoms with van der Waals surface area (Å²) in [6, 6.07) is 4.74. The Morgan fingerprint density at radius 3 is 2.89 bits per heavy atom. The maximum absolute atomic E-state index is 5.36. The first kappa shape index (κ1) is 12.8. The summed E-state index contributed by atoms with van der Waals surface area (Å²) in [5.74, 6) is 0. The zero-order valence-corrected chi connectivity index (χ0v) is 11.1. The van der Waals surface area contributed by atoms with Crippen molar-refractivity contribution in [2.24, 2.45) is 0 Å².